The maximum Gasteiger partial charge on any atom is 0.407 e. The highest BCUT2D eigenvalue weighted by atomic mass is 35.5. The number of carbonyl (C=O) groups excluding carboxylic acids is 1. The van der Waals surface area contributed by atoms with Crippen LogP contribution in [0.25, 0.3) is 5.57 Å². The zero-order valence-corrected chi connectivity index (χ0v) is 19.6. The van der Waals surface area contributed by atoms with Gasteiger partial charge < -0.3 is 9.64 Å². The molecule has 2 aromatic carbocycles. The SMILES string of the molecule is CC(=O)N1CC2(C1)OCc1cc(C3=CSC(c4cc(Cl)c(F)c(Cl)c4)(C(F)(F)F)C3)ccc12. The van der Waals surface area contributed by atoms with Gasteiger partial charge in [0, 0.05) is 13.3 Å². The minimum absolute atomic E-state index is 0.0214. The molecular weight excluding hydrogens is 501 g/mol. The summed E-state index contributed by atoms with van der Waals surface area (Å²) in [5.74, 6) is -0.964. The average Bonchev–Trinajstić information content (AvgIpc) is 3.33. The molecule has 1 saturated heterocycles. The monoisotopic (exact) mass is 517 g/mol. The number of hydrogen-bond donors (Lipinski definition) is 0. The molecule has 2 aromatic rings. The minimum Gasteiger partial charge on any atom is -0.362 e. The van der Waals surface area contributed by atoms with Gasteiger partial charge in [-0.05, 0) is 51.4 Å². The lowest BCUT2D eigenvalue weighted by Crippen LogP contribution is -2.60. The molecule has 33 heavy (non-hydrogen) atoms. The highest BCUT2D eigenvalue weighted by Gasteiger charge is 2.59. The molecule has 1 atom stereocenters. The van der Waals surface area contributed by atoms with E-state index in [1.54, 1.807) is 11.0 Å². The van der Waals surface area contributed by atoms with E-state index in [1.807, 2.05) is 12.1 Å². The highest BCUT2D eigenvalue weighted by Crippen LogP contribution is 2.60. The van der Waals surface area contributed by atoms with Crippen LogP contribution in [0.15, 0.2) is 35.7 Å². The molecule has 0 aromatic heterocycles. The Morgan fingerprint density at radius 2 is 1.82 bits per heavy atom. The molecule has 10 heteroatoms. The number of hydrogen-bond acceptors (Lipinski definition) is 3. The number of allylic oxidation sites excluding steroid dienone is 1. The molecule has 1 unspecified atom stereocenters. The molecule has 3 aliphatic rings. The fourth-order valence-electron chi connectivity index (χ4n) is 4.69. The number of likely N-dealkylation sites (tertiary alicyclic amines) is 1. The van der Waals surface area contributed by atoms with Crippen LogP contribution in [0, 0.1) is 5.82 Å². The summed E-state index contributed by atoms with van der Waals surface area (Å²) in [5, 5.41) is 0.595. The molecule has 3 nitrogen and oxygen atoms in total. The fourth-order valence-corrected chi connectivity index (χ4v) is 6.36. The molecule has 0 aliphatic carbocycles. The van der Waals surface area contributed by atoms with Crippen molar-refractivity contribution in [2.45, 2.75) is 36.5 Å². The molecule has 1 spiro atoms. The molecule has 3 heterocycles. The molecule has 1 fully saturated rings. The van der Waals surface area contributed by atoms with Crippen molar-refractivity contribution in [1.29, 1.82) is 0 Å². The summed E-state index contributed by atoms with van der Waals surface area (Å²) in [7, 11) is 0. The number of alkyl halides is 3. The van der Waals surface area contributed by atoms with Gasteiger partial charge in [0.1, 0.15) is 10.3 Å². The highest BCUT2D eigenvalue weighted by molar-refractivity contribution is 8.03. The van der Waals surface area contributed by atoms with Gasteiger partial charge in [-0.15, -0.1) is 11.8 Å². The molecule has 5 rings (SSSR count). The number of thioether (sulfide) groups is 1. The summed E-state index contributed by atoms with van der Waals surface area (Å²) in [6.45, 7) is 2.78. The number of nitrogens with zero attached hydrogens (tertiary/aromatic N) is 1. The second-order valence-electron chi connectivity index (χ2n) is 8.55. The minimum atomic E-state index is -4.63. The van der Waals surface area contributed by atoms with Crippen molar-refractivity contribution in [1.82, 2.24) is 4.90 Å². The molecule has 0 radical (unpaired) electrons. The van der Waals surface area contributed by atoms with Gasteiger partial charge in [0.2, 0.25) is 5.91 Å². The van der Waals surface area contributed by atoms with Crippen molar-refractivity contribution in [3.63, 3.8) is 0 Å². The van der Waals surface area contributed by atoms with E-state index in [-0.39, 0.29) is 17.9 Å². The van der Waals surface area contributed by atoms with E-state index in [0.29, 0.717) is 42.6 Å². The lowest BCUT2D eigenvalue weighted by Gasteiger charge is -2.47. The van der Waals surface area contributed by atoms with E-state index < -0.39 is 32.4 Å². The molecule has 174 valence electrons. The van der Waals surface area contributed by atoms with Crippen LogP contribution in [0.3, 0.4) is 0 Å². The summed E-state index contributed by atoms with van der Waals surface area (Å²) in [5.41, 5.74) is 2.32. The molecule has 0 N–H and O–H groups in total. The Balaban J connectivity index is 1.45. The topological polar surface area (TPSA) is 29.5 Å². The zero-order valence-electron chi connectivity index (χ0n) is 17.2. The van der Waals surface area contributed by atoms with Crippen molar-refractivity contribution in [2.24, 2.45) is 0 Å². The Bertz CT molecular complexity index is 1190. The zero-order chi connectivity index (χ0) is 23.8. The van der Waals surface area contributed by atoms with E-state index in [2.05, 4.69) is 0 Å². The molecule has 1 amide bonds. The number of ether oxygens (including phenoxy) is 1. The van der Waals surface area contributed by atoms with Crippen LogP contribution in [0.5, 0.6) is 0 Å². The number of benzene rings is 2. The van der Waals surface area contributed by atoms with Crippen molar-refractivity contribution >= 4 is 46.4 Å². The second kappa shape index (κ2) is 7.63. The molecule has 0 saturated carbocycles. The number of halogens is 6. The Hall–Kier alpha value is -1.74. The first-order valence-corrected chi connectivity index (χ1v) is 11.7. The Morgan fingerprint density at radius 3 is 2.42 bits per heavy atom. The first-order chi connectivity index (χ1) is 15.5. The maximum atomic E-state index is 14.3. The Morgan fingerprint density at radius 1 is 1.15 bits per heavy atom. The Kier molecular flexibility index (Phi) is 5.33. The standard InChI is InChI=1S/C23H17Cl2F4NO2S/c1-12(31)30-10-21(11-30)17-3-2-13(4-14(17)8-32-21)15-7-22(33-9-15,23(27,28)29)16-5-18(24)20(26)19(25)6-16/h2-6,9H,7-8,10-11H2,1H3. The van der Waals surface area contributed by atoms with Crippen LogP contribution < -0.4 is 0 Å². The van der Waals surface area contributed by atoms with Crippen molar-refractivity contribution in [3.05, 3.63) is 73.9 Å². The number of fused-ring (bicyclic) bond motifs is 2. The number of rotatable bonds is 2. The first kappa shape index (κ1) is 23.0. The average molecular weight is 518 g/mol. The summed E-state index contributed by atoms with van der Waals surface area (Å²) in [6.07, 6.45) is -4.98. The van der Waals surface area contributed by atoms with Crippen LogP contribution in [0.1, 0.15) is 35.6 Å². The maximum absolute atomic E-state index is 14.3. The van der Waals surface area contributed by atoms with Crippen LogP contribution in [0.4, 0.5) is 17.6 Å². The van der Waals surface area contributed by atoms with Crippen molar-refractivity contribution in [2.75, 3.05) is 13.1 Å². The fraction of sp³-hybridized carbons (Fsp3) is 0.348. The first-order valence-electron chi connectivity index (χ1n) is 10.1. The van der Waals surface area contributed by atoms with Crippen LogP contribution in [-0.2, 0) is 26.5 Å². The van der Waals surface area contributed by atoms with Crippen molar-refractivity contribution in [3.8, 4) is 0 Å². The van der Waals surface area contributed by atoms with E-state index >= 15 is 0 Å². The van der Waals surface area contributed by atoms with Gasteiger partial charge in [0.05, 0.1) is 29.7 Å². The molecular formula is C23H17Cl2F4NO2S. The smallest absolute Gasteiger partial charge is 0.362 e. The summed E-state index contributed by atoms with van der Waals surface area (Å²) >= 11 is 12.2. The second-order valence-corrected chi connectivity index (χ2v) is 10.5. The van der Waals surface area contributed by atoms with E-state index in [1.165, 1.54) is 12.3 Å². The van der Waals surface area contributed by atoms with Gasteiger partial charge in [0.25, 0.3) is 0 Å². The molecule has 3 aliphatic heterocycles. The summed E-state index contributed by atoms with van der Waals surface area (Å²) < 4.78 is 60.5. The normalized spacial score (nSPS) is 23.5. The largest absolute Gasteiger partial charge is 0.407 e. The van der Waals surface area contributed by atoms with Gasteiger partial charge in [-0.1, -0.05) is 35.3 Å². The van der Waals surface area contributed by atoms with Crippen molar-refractivity contribution < 1.29 is 27.1 Å². The number of carbonyl (C=O) groups is 1. The van der Waals surface area contributed by atoms with E-state index in [9.17, 15) is 22.4 Å². The number of amides is 1. The lowest BCUT2D eigenvalue weighted by molar-refractivity contribution is -0.166. The van der Waals surface area contributed by atoms with E-state index in [0.717, 1.165) is 23.3 Å². The van der Waals surface area contributed by atoms with Gasteiger partial charge >= 0.3 is 6.18 Å². The van der Waals surface area contributed by atoms with Gasteiger partial charge in [-0.3, -0.25) is 4.79 Å². The third-order valence-electron chi connectivity index (χ3n) is 6.56. The van der Waals surface area contributed by atoms with Crippen LogP contribution in [0.2, 0.25) is 10.0 Å². The predicted molar refractivity (Wildman–Crippen MR) is 120 cm³/mol. The third-order valence-corrected chi connectivity index (χ3v) is 8.52. The summed E-state index contributed by atoms with van der Waals surface area (Å²) in [6, 6.07) is 7.51. The van der Waals surface area contributed by atoms with Gasteiger partial charge in [0.15, 0.2) is 5.82 Å². The van der Waals surface area contributed by atoms with Gasteiger partial charge in [-0.2, -0.15) is 13.2 Å². The molecule has 0 bridgehead atoms. The lowest BCUT2D eigenvalue weighted by atomic mass is 9.83. The van der Waals surface area contributed by atoms with E-state index in [4.69, 9.17) is 27.9 Å². The van der Waals surface area contributed by atoms with Crippen LogP contribution in [-0.4, -0.2) is 30.1 Å². The third kappa shape index (κ3) is 3.49. The van der Waals surface area contributed by atoms with Crippen LogP contribution >= 0.6 is 35.0 Å². The summed E-state index contributed by atoms with van der Waals surface area (Å²) in [4.78, 5) is 13.2. The Labute approximate surface area is 201 Å². The van der Waals surface area contributed by atoms with Gasteiger partial charge in [-0.25, -0.2) is 4.39 Å². The quantitative estimate of drug-likeness (QED) is 0.329. The predicted octanol–water partition coefficient (Wildman–Crippen LogP) is 6.66.